The number of halogens is 3. The molecule has 0 aromatic carbocycles. The SMILES string of the molecule is O=C(C[C@@H]1CCNC1)N1CCN(c2ncc(C(F)(F)F)cn2)CC1. The smallest absolute Gasteiger partial charge is 0.339 e. The molecule has 9 heteroatoms. The number of carbonyl (C=O) groups is 1. The van der Waals surface area contributed by atoms with Gasteiger partial charge >= 0.3 is 6.18 Å². The first-order valence-corrected chi connectivity index (χ1v) is 8.06. The topological polar surface area (TPSA) is 61.4 Å². The molecule has 0 radical (unpaired) electrons. The van der Waals surface area contributed by atoms with Gasteiger partial charge in [-0.2, -0.15) is 13.2 Å². The highest BCUT2D eigenvalue weighted by Crippen LogP contribution is 2.28. The van der Waals surface area contributed by atoms with E-state index in [1.165, 1.54) is 0 Å². The molecule has 2 aliphatic heterocycles. The number of piperazine rings is 1. The van der Waals surface area contributed by atoms with Gasteiger partial charge < -0.3 is 15.1 Å². The summed E-state index contributed by atoms with van der Waals surface area (Å²) in [5, 5.41) is 3.25. The first kappa shape index (κ1) is 16.9. The first-order valence-electron chi connectivity index (χ1n) is 8.06. The van der Waals surface area contributed by atoms with Crippen molar-refractivity contribution in [2.75, 3.05) is 44.2 Å². The number of anilines is 1. The van der Waals surface area contributed by atoms with Crippen LogP contribution in [0.4, 0.5) is 19.1 Å². The second kappa shape index (κ2) is 6.92. The second-order valence-corrected chi connectivity index (χ2v) is 6.20. The van der Waals surface area contributed by atoms with Crippen molar-refractivity contribution in [3.63, 3.8) is 0 Å². The third kappa shape index (κ3) is 3.95. The molecule has 1 aromatic rings. The lowest BCUT2D eigenvalue weighted by Crippen LogP contribution is -2.49. The molecule has 2 fully saturated rings. The zero-order valence-corrected chi connectivity index (χ0v) is 13.2. The summed E-state index contributed by atoms with van der Waals surface area (Å²) in [7, 11) is 0. The van der Waals surface area contributed by atoms with Crippen LogP contribution in [0.25, 0.3) is 0 Å². The average molecular weight is 343 g/mol. The van der Waals surface area contributed by atoms with Gasteiger partial charge in [0.2, 0.25) is 11.9 Å². The van der Waals surface area contributed by atoms with Gasteiger partial charge in [0.15, 0.2) is 0 Å². The lowest BCUT2D eigenvalue weighted by atomic mass is 10.0. The minimum Gasteiger partial charge on any atom is -0.339 e. The number of alkyl halides is 3. The van der Waals surface area contributed by atoms with Crippen LogP contribution in [0.1, 0.15) is 18.4 Å². The van der Waals surface area contributed by atoms with E-state index in [1.807, 2.05) is 4.90 Å². The molecule has 0 spiro atoms. The summed E-state index contributed by atoms with van der Waals surface area (Å²) >= 11 is 0. The van der Waals surface area contributed by atoms with E-state index in [-0.39, 0.29) is 11.9 Å². The molecule has 0 bridgehead atoms. The molecule has 1 amide bonds. The molecule has 0 aliphatic carbocycles. The number of hydrogen-bond donors (Lipinski definition) is 1. The Morgan fingerprint density at radius 3 is 2.42 bits per heavy atom. The van der Waals surface area contributed by atoms with E-state index in [1.54, 1.807) is 4.90 Å². The molecule has 6 nitrogen and oxygen atoms in total. The maximum atomic E-state index is 12.5. The van der Waals surface area contributed by atoms with Gasteiger partial charge in [-0.25, -0.2) is 9.97 Å². The van der Waals surface area contributed by atoms with Crippen LogP contribution in [0, 0.1) is 5.92 Å². The highest BCUT2D eigenvalue weighted by atomic mass is 19.4. The van der Waals surface area contributed by atoms with Crippen LogP contribution < -0.4 is 10.2 Å². The molecule has 1 aromatic heterocycles. The summed E-state index contributed by atoms with van der Waals surface area (Å²) in [4.78, 5) is 23.5. The Morgan fingerprint density at radius 2 is 1.88 bits per heavy atom. The molecule has 1 N–H and O–H groups in total. The normalized spacial score (nSPS) is 22.0. The van der Waals surface area contributed by atoms with E-state index in [2.05, 4.69) is 15.3 Å². The van der Waals surface area contributed by atoms with Crippen molar-refractivity contribution >= 4 is 11.9 Å². The van der Waals surface area contributed by atoms with Crippen LogP contribution in [0.3, 0.4) is 0 Å². The van der Waals surface area contributed by atoms with Crippen LogP contribution in [0.15, 0.2) is 12.4 Å². The largest absolute Gasteiger partial charge is 0.419 e. The van der Waals surface area contributed by atoms with Crippen molar-refractivity contribution in [2.45, 2.75) is 19.0 Å². The molecular weight excluding hydrogens is 323 g/mol. The Bertz CT molecular complexity index is 563. The summed E-state index contributed by atoms with van der Waals surface area (Å²) in [5.74, 6) is 0.834. The summed E-state index contributed by atoms with van der Waals surface area (Å²) in [5.41, 5.74) is -0.856. The van der Waals surface area contributed by atoms with Gasteiger partial charge in [0.25, 0.3) is 0 Å². The molecule has 24 heavy (non-hydrogen) atoms. The van der Waals surface area contributed by atoms with Crippen molar-refractivity contribution in [3.8, 4) is 0 Å². The molecule has 2 aliphatic rings. The number of nitrogens with zero attached hydrogens (tertiary/aromatic N) is 4. The quantitative estimate of drug-likeness (QED) is 0.892. The maximum absolute atomic E-state index is 12.5. The number of rotatable bonds is 3. The van der Waals surface area contributed by atoms with Gasteiger partial charge in [0.05, 0.1) is 5.56 Å². The van der Waals surface area contributed by atoms with E-state index in [0.29, 0.717) is 38.5 Å². The average Bonchev–Trinajstić information content (AvgIpc) is 3.07. The van der Waals surface area contributed by atoms with E-state index in [4.69, 9.17) is 0 Å². The van der Waals surface area contributed by atoms with Crippen LogP contribution in [0.5, 0.6) is 0 Å². The van der Waals surface area contributed by atoms with Gasteiger partial charge in [0, 0.05) is 45.0 Å². The summed E-state index contributed by atoms with van der Waals surface area (Å²) in [6.45, 7) is 4.01. The lowest BCUT2D eigenvalue weighted by molar-refractivity contribution is -0.138. The number of amides is 1. The highest BCUT2D eigenvalue weighted by molar-refractivity contribution is 5.76. The van der Waals surface area contributed by atoms with E-state index in [9.17, 15) is 18.0 Å². The maximum Gasteiger partial charge on any atom is 0.419 e. The highest BCUT2D eigenvalue weighted by Gasteiger charge is 2.32. The predicted octanol–water partition coefficient (Wildman–Crippen LogP) is 1.14. The van der Waals surface area contributed by atoms with Crippen molar-refractivity contribution in [1.82, 2.24) is 20.2 Å². The van der Waals surface area contributed by atoms with Crippen LogP contribution in [-0.2, 0) is 11.0 Å². The van der Waals surface area contributed by atoms with Gasteiger partial charge in [-0.05, 0) is 25.4 Å². The molecule has 0 saturated carbocycles. The third-order valence-electron chi connectivity index (χ3n) is 4.51. The van der Waals surface area contributed by atoms with Crippen molar-refractivity contribution < 1.29 is 18.0 Å². The fourth-order valence-electron chi connectivity index (χ4n) is 3.05. The molecule has 0 unspecified atom stereocenters. The summed E-state index contributed by atoms with van der Waals surface area (Å²) in [6, 6.07) is 0. The van der Waals surface area contributed by atoms with E-state index < -0.39 is 11.7 Å². The van der Waals surface area contributed by atoms with Crippen LogP contribution in [0.2, 0.25) is 0 Å². The predicted molar refractivity (Wildman–Crippen MR) is 81.4 cm³/mol. The standard InChI is InChI=1S/C15H20F3N5O/c16-15(17,18)12-9-20-14(21-10-12)23-5-3-22(4-6-23)13(24)7-11-1-2-19-8-11/h9-11,19H,1-8H2/t11-/m0/s1. The van der Waals surface area contributed by atoms with E-state index in [0.717, 1.165) is 31.9 Å². The second-order valence-electron chi connectivity index (χ2n) is 6.20. The minimum absolute atomic E-state index is 0.150. The summed E-state index contributed by atoms with van der Waals surface area (Å²) in [6.07, 6.45) is -1.24. The van der Waals surface area contributed by atoms with Gasteiger partial charge in [-0.15, -0.1) is 0 Å². The zero-order chi connectivity index (χ0) is 17.2. The zero-order valence-electron chi connectivity index (χ0n) is 13.2. The third-order valence-corrected chi connectivity index (χ3v) is 4.51. The minimum atomic E-state index is -4.43. The molecule has 132 valence electrons. The van der Waals surface area contributed by atoms with Gasteiger partial charge in [-0.1, -0.05) is 0 Å². The molecular formula is C15H20F3N5O. The van der Waals surface area contributed by atoms with Gasteiger partial charge in [0.1, 0.15) is 0 Å². The number of hydrogen-bond acceptors (Lipinski definition) is 5. The summed E-state index contributed by atoms with van der Waals surface area (Å²) < 4.78 is 37.6. The van der Waals surface area contributed by atoms with Gasteiger partial charge in [-0.3, -0.25) is 4.79 Å². The number of nitrogens with one attached hydrogen (secondary N) is 1. The fourth-order valence-corrected chi connectivity index (χ4v) is 3.05. The van der Waals surface area contributed by atoms with Crippen molar-refractivity contribution in [3.05, 3.63) is 18.0 Å². The molecule has 3 heterocycles. The molecule has 1 atom stereocenters. The Labute approximate surface area is 138 Å². The first-order chi connectivity index (χ1) is 11.4. The number of aromatic nitrogens is 2. The van der Waals surface area contributed by atoms with Crippen LogP contribution in [-0.4, -0.2) is 60.0 Å². The van der Waals surface area contributed by atoms with E-state index >= 15 is 0 Å². The molecule has 2 saturated heterocycles. The number of carbonyl (C=O) groups excluding carboxylic acids is 1. The lowest BCUT2D eigenvalue weighted by Gasteiger charge is -2.35. The fraction of sp³-hybridized carbons (Fsp3) is 0.667. The Kier molecular flexibility index (Phi) is 4.88. The van der Waals surface area contributed by atoms with Crippen LogP contribution >= 0.6 is 0 Å². The monoisotopic (exact) mass is 343 g/mol. The van der Waals surface area contributed by atoms with Crippen molar-refractivity contribution in [1.29, 1.82) is 0 Å². The Morgan fingerprint density at radius 1 is 1.21 bits per heavy atom. The Balaban J connectivity index is 1.52. The van der Waals surface area contributed by atoms with Crippen molar-refractivity contribution in [2.24, 2.45) is 5.92 Å². The molecule has 3 rings (SSSR count). The Hall–Kier alpha value is -1.90.